The lowest BCUT2D eigenvalue weighted by atomic mass is 9.69. The van der Waals surface area contributed by atoms with Crippen LogP contribution in [0.2, 0.25) is 10.0 Å². The largest absolute Gasteiger partial charge is 0.464 e. The highest BCUT2D eigenvalue weighted by atomic mass is 79.9. The fourth-order valence-electron chi connectivity index (χ4n) is 4.63. The first kappa shape index (κ1) is 25.7. The highest BCUT2D eigenvalue weighted by Crippen LogP contribution is 2.54. The Balaban J connectivity index is 1.48. The van der Waals surface area contributed by atoms with Gasteiger partial charge in [-0.3, -0.25) is 14.6 Å². The average Bonchev–Trinajstić information content (AvgIpc) is 3.34. The van der Waals surface area contributed by atoms with E-state index in [1.807, 2.05) is 12.1 Å². The molecule has 1 aromatic heterocycles. The van der Waals surface area contributed by atoms with Crippen molar-refractivity contribution in [3.05, 3.63) is 68.0 Å². The van der Waals surface area contributed by atoms with Crippen molar-refractivity contribution in [3.63, 3.8) is 0 Å². The van der Waals surface area contributed by atoms with Crippen LogP contribution in [0.15, 0.2) is 46.8 Å². The van der Waals surface area contributed by atoms with Crippen LogP contribution in [0.5, 0.6) is 0 Å². The van der Waals surface area contributed by atoms with Crippen molar-refractivity contribution in [2.75, 3.05) is 11.9 Å². The average molecular weight is 581 g/mol. The molecule has 1 spiro atoms. The zero-order valence-corrected chi connectivity index (χ0v) is 22.1. The lowest BCUT2D eigenvalue weighted by molar-refractivity contribution is -0.145. The van der Waals surface area contributed by atoms with Crippen molar-refractivity contribution in [2.45, 2.75) is 45.1 Å². The molecule has 1 atom stereocenters. The Bertz CT molecular complexity index is 1170. The van der Waals surface area contributed by atoms with Gasteiger partial charge in [0.15, 0.2) is 5.78 Å². The maximum absolute atomic E-state index is 12.8. The van der Waals surface area contributed by atoms with Crippen molar-refractivity contribution >= 4 is 62.5 Å². The molecule has 2 aliphatic rings. The number of carbonyl (C=O) groups excluding carboxylic acids is 3. The molecule has 2 N–H and O–H groups in total. The minimum Gasteiger partial charge on any atom is -0.464 e. The van der Waals surface area contributed by atoms with Crippen molar-refractivity contribution < 1.29 is 19.1 Å². The number of amides is 1. The summed E-state index contributed by atoms with van der Waals surface area (Å²) >= 11 is 15.5. The van der Waals surface area contributed by atoms with Crippen LogP contribution in [-0.4, -0.2) is 35.3 Å². The van der Waals surface area contributed by atoms with E-state index in [1.54, 1.807) is 19.1 Å². The number of hydrogen-bond donors (Lipinski definition) is 2. The Labute approximate surface area is 221 Å². The molecule has 184 valence electrons. The van der Waals surface area contributed by atoms with E-state index in [4.69, 9.17) is 27.9 Å². The molecule has 1 aromatic carbocycles. The number of esters is 1. The summed E-state index contributed by atoms with van der Waals surface area (Å²) in [5.41, 5.74) is 1.84. The molecule has 2 aliphatic carbocycles. The second kappa shape index (κ2) is 10.7. The number of benzene rings is 1. The summed E-state index contributed by atoms with van der Waals surface area (Å²) in [7, 11) is 0. The first-order chi connectivity index (χ1) is 16.8. The van der Waals surface area contributed by atoms with Crippen LogP contribution < -0.4 is 10.6 Å². The van der Waals surface area contributed by atoms with E-state index >= 15 is 0 Å². The predicted octanol–water partition coefficient (Wildman–Crippen LogP) is 5.45. The van der Waals surface area contributed by atoms with E-state index in [-0.39, 0.29) is 34.0 Å². The van der Waals surface area contributed by atoms with E-state index in [2.05, 4.69) is 31.5 Å². The van der Waals surface area contributed by atoms with Gasteiger partial charge < -0.3 is 15.4 Å². The maximum Gasteiger partial charge on any atom is 0.328 e. The van der Waals surface area contributed by atoms with Gasteiger partial charge >= 0.3 is 5.97 Å². The molecule has 0 aliphatic heterocycles. The quantitative estimate of drug-likeness (QED) is 0.403. The molecule has 7 nitrogen and oxygen atoms in total. The third-order valence-corrected chi connectivity index (χ3v) is 7.74. The maximum atomic E-state index is 12.8. The van der Waals surface area contributed by atoms with Crippen LogP contribution in [0.1, 0.15) is 48.5 Å². The monoisotopic (exact) mass is 579 g/mol. The first-order valence-corrected chi connectivity index (χ1v) is 12.9. The van der Waals surface area contributed by atoms with E-state index in [0.29, 0.717) is 16.6 Å². The topological polar surface area (TPSA) is 97.4 Å². The van der Waals surface area contributed by atoms with Crippen molar-refractivity contribution in [2.24, 2.45) is 5.41 Å². The number of nitrogens with one attached hydrogen (secondary N) is 2. The lowest BCUT2D eigenvalue weighted by Gasteiger charge is -2.41. The van der Waals surface area contributed by atoms with Crippen molar-refractivity contribution in [1.29, 1.82) is 0 Å². The summed E-state index contributed by atoms with van der Waals surface area (Å²) in [5, 5.41) is 6.39. The van der Waals surface area contributed by atoms with Crippen LogP contribution in [0.4, 0.5) is 5.69 Å². The van der Waals surface area contributed by atoms with Gasteiger partial charge in [-0.05, 0) is 53.4 Å². The van der Waals surface area contributed by atoms with Crippen LogP contribution in [-0.2, 0) is 20.7 Å². The van der Waals surface area contributed by atoms with Crippen LogP contribution in [0.25, 0.3) is 0 Å². The summed E-state index contributed by atoms with van der Waals surface area (Å²) in [6.07, 6.45) is 6.62. The fourth-order valence-corrected chi connectivity index (χ4v) is 6.04. The minimum atomic E-state index is -0.655. The Kier molecular flexibility index (Phi) is 7.83. The summed E-state index contributed by atoms with van der Waals surface area (Å²) in [5.74, 6) is -0.726. The lowest BCUT2D eigenvalue weighted by Crippen LogP contribution is -2.51. The third-order valence-electron chi connectivity index (χ3n) is 6.41. The summed E-state index contributed by atoms with van der Waals surface area (Å²) in [4.78, 5) is 41.8. The van der Waals surface area contributed by atoms with Crippen molar-refractivity contribution in [3.8, 4) is 0 Å². The third kappa shape index (κ3) is 5.10. The normalized spacial score (nSPS) is 17.2. The molecule has 2 aromatic rings. The zero-order chi connectivity index (χ0) is 25.2. The fraction of sp³-hybridized carbons (Fsp3) is 0.360. The number of Topliss-reactive ketones (excluding diaryl/α,β-unsaturated/α-hetero) is 1. The molecule has 35 heavy (non-hydrogen) atoms. The highest BCUT2D eigenvalue weighted by molar-refractivity contribution is 9.12. The number of halogens is 3. The van der Waals surface area contributed by atoms with Gasteiger partial charge in [-0.25, -0.2) is 4.79 Å². The van der Waals surface area contributed by atoms with Crippen molar-refractivity contribution in [1.82, 2.24) is 10.3 Å². The number of hydrogen-bond acceptors (Lipinski definition) is 6. The molecule has 4 rings (SSSR count). The number of aromatic nitrogens is 1. The molecule has 0 saturated heterocycles. The summed E-state index contributed by atoms with van der Waals surface area (Å²) in [6.45, 7) is 2.01. The minimum absolute atomic E-state index is 0.106. The van der Waals surface area contributed by atoms with Gasteiger partial charge in [-0.2, -0.15) is 0 Å². The number of allylic oxidation sites excluding steroid dienone is 2. The van der Waals surface area contributed by atoms with Crippen LogP contribution >= 0.6 is 39.1 Å². The number of nitrogens with zero attached hydrogens (tertiary/aromatic N) is 1. The molecule has 0 bridgehead atoms. The van der Waals surface area contributed by atoms with Gasteiger partial charge in [0, 0.05) is 30.2 Å². The number of pyridine rings is 1. The van der Waals surface area contributed by atoms with Gasteiger partial charge in [0.1, 0.15) is 6.04 Å². The Morgan fingerprint density at radius 1 is 1.14 bits per heavy atom. The Morgan fingerprint density at radius 2 is 1.77 bits per heavy atom. The van der Waals surface area contributed by atoms with E-state index in [0.717, 1.165) is 36.9 Å². The molecule has 1 saturated carbocycles. The second-order valence-electron chi connectivity index (χ2n) is 8.59. The highest BCUT2D eigenvalue weighted by Gasteiger charge is 2.55. The Hall–Kier alpha value is -2.42. The molecule has 10 heteroatoms. The first-order valence-electron chi connectivity index (χ1n) is 11.3. The van der Waals surface area contributed by atoms with E-state index in [9.17, 15) is 14.4 Å². The molecular formula is C25H24BrCl2N3O4. The second-order valence-corrected chi connectivity index (χ2v) is 10.2. The van der Waals surface area contributed by atoms with E-state index < -0.39 is 17.4 Å². The van der Waals surface area contributed by atoms with Gasteiger partial charge in [0.2, 0.25) is 0 Å². The standard InChI is InChI=1S/C25H24BrCl2N3O4/c1-2-35-24(34)18(31-21-20(26)22(32)25(21)9-3-4-10-25)11-14-5-7-15(8-6-14)30-23(33)19-16(27)12-29-13-17(19)28/h5-8,12-13,18,31H,2-4,9-11H2,1H3,(H,30,33)/t18-/m0/s1. The number of ether oxygens (including phenoxy) is 1. The number of rotatable bonds is 8. The van der Waals surface area contributed by atoms with E-state index in [1.165, 1.54) is 12.4 Å². The molecule has 1 fully saturated rings. The SMILES string of the molecule is CCOC(=O)[C@H](Cc1ccc(NC(=O)c2c(Cl)cncc2Cl)cc1)NC1=C(Br)C(=O)C12CCCC2. The molecular weight excluding hydrogens is 557 g/mol. The molecule has 1 heterocycles. The molecule has 0 unspecified atom stereocenters. The van der Waals surface area contributed by atoms with Crippen LogP contribution in [0.3, 0.4) is 0 Å². The Morgan fingerprint density at radius 3 is 2.37 bits per heavy atom. The number of carbonyl (C=O) groups is 3. The van der Waals surface area contributed by atoms with Crippen LogP contribution in [0, 0.1) is 5.41 Å². The van der Waals surface area contributed by atoms with Gasteiger partial charge in [0.05, 0.1) is 32.1 Å². The smallest absolute Gasteiger partial charge is 0.328 e. The van der Waals surface area contributed by atoms with Gasteiger partial charge in [0.25, 0.3) is 5.91 Å². The zero-order valence-electron chi connectivity index (χ0n) is 19.0. The number of anilines is 1. The predicted molar refractivity (Wildman–Crippen MR) is 138 cm³/mol. The number of ketones is 1. The van der Waals surface area contributed by atoms with Gasteiger partial charge in [-0.1, -0.05) is 48.2 Å². The summed E-state index contributed by atoms with van der Waals surface area (Å²) in [6, 6.07) is 6.45. The van der Waals surface area contributed by atoms with Gasteiger partial charge in [-0.15, -0.1) is 0 Å². The molecule has 0 radical (unpaired) electrons. The summed E-state index contributed by atoms with van der Waals surface area (Å²) < 4.78 is 5.81. The molecule has 1 amide bonds.